The summed E-state index contributed by atoms with van der Waals surface area (Å²) in [5.41, 5.74) is 3.21. The maximum atomic E-state index is 12.7. The Bertz CT molecular complexity index is 955. The number of carbonyl (C=O) groups excluding carboxylic acids is 1. The van der Waals surface area contributed by atoms with Crippen molar-refractivity contribution in [3.05, 3.63) is 57.6 Å². The molecule has 7 heteroatoms. The van der Waals surface area contributed by atoms with Crippen molar-refractivity contribution in [3.8, 4) is 11.4 Å². The smallest absolute Gasteiger partial charge is 0.264 e. The molecule has 4 rings (SSSR count). The third-order valence-corrected chi connectivity index (χ3v) is 6.32. The predicted molar refractivity (Wildman–Crippen MR) is 109 cm³/mol. The fourth-order valence-electron chi connectivity index (χ4n) is 3.43. The summed E-state index contributed by atoms with van der Waals surface area (Å²) in [7, 11) is 0. The zero-order valence-electron chi connectivity index (χ0n) is 16.4. The zero-order valence-corrected chi connectivity index (χ0v) is 17.2. The summed E-state index contributed by atoms with van der Waals surface area (Å²) in [5, 5.41) is 6.12. The van der Waals surface area contributed by atoms with E-state index < -0.39 is 0 Å². The van der Waals surface area contributed by atoms with E-state index in [-0.39, 0.29) is 11.9 Å². The summed E-state index contributed by atoms with van der Waals surface area (Å²) >= 11 is 1.52. The van der Waals surface area contributed by atoms with Gasteiger partial charge in [-0.05, 0) is 37.8 Å². The van der Waals surface area contributed by atoms with Crippen LogP contribution in [0.5, 0.6) is 0 Å². The van der Waals surface area contributed by atoms with Crippen LogP contribution in [0.25, 0.3) is 11.4 Å². The van der Waals surface area contributed by atoms with Gasteiger partial charge in [0.2, 0.25) is 11.7 Å². The SMILES string of the molecule is Cc1ccc(-c2noc([C@@H](C)N3CCN(C(=O)c4sccc4C)CC3)n2)cc1. The lowest BCUT2D eigenvalue weighted by Crippen LogP contribution is -2.49. The lowest BCUT2D eigenvalue weighted by molar-refractivity contribution is 0.0555. The highest BCUT2D eigenvalue weighted by Gasteiger charge is 2.29. The molecule has 3 heterocycles. The molecule has 0 unspecified atom stereocenters. The van der Waals surface area contributed by atoms with E-state index in [1.54, 1.807) is 0 Å². The van der Waals surface area contributed by atoms with E-state index in [0.717, 1.165) is 29.1 Å². The Hall–Kier alpha value is -2.51. The fourth-order valence-corrected chi connectivity index (χ4v) is 4.32. The quantitative estimate of drug-likeness (QED) is 0.669. The molecular weight excluding hydrogens is 372 g/mol. The first-order valence-corrected chi connectivity index (χ1v) is 10.4. The summed E-state index contributed by atoms with van der Waals surface area (Å²) in [6.45, 7) is 9.12. The van der Waals surface area contributed by atoms with Gasteiger partial charge in [0.1, 0.15) is 0 Å². The number of thiophene rings is 1. The minimum atomic E-state index is 0.0208. The summed E-state index contributed by atoms with van der Waals surface area (Å²) in [6, 6.07) is 10.1. The largest absolute Gasteiger partial charge is 0.337 e. The monoisotopic (exact) mass is 396 g/mol. The molecule has 1 atom stereocenters. The van der Waals surface area contributed by atoms with E-state index in [1.807, 2.05) is 47.5 Å². The highest BCUT2D eigenvalue weighted by atomic mass is 32.1. The first kappa shape index (κ1) is 18.8. The van der Waals surface area contributed by atoms with Gasteiger partial charge < -0.3 is 9.42 Å². The lowest BCUT2D eigenvalue weighted by Gasteiger charge is -2.36. The number of carbonyl (C=O) groups is 1. The standard InChI is InChI=1S/C21H24N4O2S/c1-14-4-6-17(7-5-14)19-22-20(27-23-19)16(3)24-9-11-25(12-10-24)21(26)18-15(2)8-13-28-18/h4-8,13,16H,9-12H2,1-3H3/t16-/m1/s1. The van der Waals surface area contributed by atoms with Crippen LogP contribution in [-0.2, 0) is 0 Å². The normalized spacial score (nSPS) is 16.3. The summed E-state index contributed by atoms with van der Waals surface area (Å²) in [4.78, 5) is 22.4. The summed E-state index contributed by atoms with van der Waals surface area (Å²) in [5.74, 6) is 1.37. The van der Waals surface area contributed by atoms with Gasteiger partial charge in [-0.3, -0.25) is 9.69 Å². The van der Waals surface area contributed by atoms with Crippen molar-refractivity contribution in [1.29, 1.82) is 0 Å². The highest BCUT2D eigenvalue weighted by molar-refractivity contribution is 7.12. The van der Waals surface area contributed by atoms with Gasteiger partial charge in [0.15, 0.2) is 0 Å². The molecular formula is C21H24N4O2S. The minimum Gasteiger partial charge on any atom is -0.337 e. The molecule has 1 saturated heterocycles. The first-order valence-electron chi connectivity index (χ1n) is 9.51. The van der Waals surface area contributed by atoms with Gasteiger partial charge in [0.25, 0.3) is 5.91 Å². The second-order valence-corrected chi connectivity index (χ2v) is 8.18. The second kappa shape index (κ2) is 7.85. The number of amides is 1. The molecule has 3 aromatic rings. The lowest BCUT2D eigenvalue weighted by atomic mass is 10.1. The van der Waals surface area contributed by atoms with Crippen molar-refractivity contribution in [1.82, 2.24) is 19.9 Å². The second-order valence-electron chi connectivity index (χ2n) is 7.26. The van der Waals surface area contributed by atoms with Crippen molar-refractivity contribution in [3.63, 3.8) is 0 Å². The van der Waals surface area contributed by atoms with Crippen LogP contribution < -0.4 is 0 Å². The maximum absolute atomic E-state index is 12.7. The van der Waals surface area contributed by atoms with Crippen LogP contribution in [0, 0.1) is 13.8 Å². The van der Waals surface area contributed by atoms with Gasteiger partial charge >= 0.3 is 0 Å². The molecule has 28 heavy (non-hydrogen) atoms. The van der Waals surface area contributed by atoms with Crippen LogP contribution in [0.2, 0.25) is 0 Å². The molecule has 2 aromatic heterocycles. The number of nitrogens with zero attached hydrogens (tertiary/aromatic N) is 4. The third-order valence-electron chi connectivity index (χ3n) is 5.31. The van der Waals surface area contributed by atoms with Crippen molar-refractivity contribution < 1.29 is 9.32 Å². The fraction of sp³-hybridized carbons (Fsp3) is 0.381. The van der Waals surface area contributed by atoms with E-state index in [1.165, 1.54) is 16.9 Å². The van der Waals surface area contributed by atoms with E-state index in [9.17, 15) is 4.79 Å². The number of rotatable bonds is 4. The zero-order chi connectivity index (χ0) is 19.7. The molecule has 1 amide bonds. The van der Waals surface area contributed by atoms with Crippen LogP contribution in [0.4, 0.5) is 0 Å². The molecule has 0 N–H and O–H groups in total. The molecule has 1 fully saturated rings. The Morgan fingerprint density at radius 1 is 1.11 bits per heavy atom. The van der Waals surface area contributed by atoms with Gasteiger partial charge in [-0.2, -0.15) is 4.98 Å². The van der Waals surface area contributed by atoms with Crippen LogP contribution in [0.15, 0.2) is 40.2 Å². The minimum absolute atomic E-state index is 0.0208. The van der Waals surface area contributed by atoms with Crippen molar-refractivity contribution in [2.45, 2.75) is 26.8 Å². The molecule has 1 aliphatic heterocycles. The van der Waals surface area contributed by atoms with E-state index >= 15 is 0 Å². The molecule has 1 aliphatic rings. The Labute approximate surface area is 168 Å². The van der Waals surface area contributed by atoms with E-state index in [4.69, 9.17) is 4.52 Å². The molecule has 0 spiro atoms. The Kier molecular flexibility index (Phi) is 5.28. The molecule has 146 valence electrons. The van der Waals surface area contributed by atoms with Gasteiger partial charge in [-0.25, -0.2) is 0 Å². The predicted octanol–water partition coefficient (Wildman–Crippen LogP) is 3.93. The van der Waals surface area contributed by atoms with Crippen molar-refractivity contribution in [2.75, 3.05) is 26.2 Å². The van der Waals surface area contributed by atoms with Gasteiger partial charge in [-0.15, -0.1) is 11.3 Å². The van der Waals surface area contributed by atoms with E-state index in [2.05, 4.69) is 28.9 Å². The first-order chi connectivity index (χ1) is 13.5. The number of hydrogen-bond donors (Lipinski definition) is 0. The van der Waals surface area contributed by atoms with Crippen LogP contribution in [-0.4, -0.2) is 52.0 Å². The summed E-state index contributed by atoms with van der Waals surface area (Å²) < 4.78 is 5.53. The number of hydrogen-bond acceptors (Lipinski definition) is 6. The topological polar surface area (TPSA) is 62.5 Å². The Morgan fingerprint density at radius 2 is 1.82 bits per heavy atom. The summed E-state index contributed by atoms with van der Waals surface area (Å²) in [6.07, 6.45) is 0. The number of benzene rings is 1. The molecule has 0 aliphatic carbocycles. The molecule has 6 nitrogen and oxygen atoms in total. The molecule has 0 bridgehead atoms. The highest BCUT2D eigenvalue weighted by Crippen LogP contribution is 2.25. The van der Waals surface area contributed by atoms with Crippen LogP contribution >= 0.6 is 11.3 Å². The molecule has 0 radical (unpaired) electrons. The van der Waals surface area contributed by atoms with Crippen LogP contribution in [0.3, 0.4) is 0 Å². The van der Waals surface area contributed by atoms with Gasteiger partial charge in [-0.1, -0.05) is 35.0 Å². The third kappa shape index (κ3) is 3.72. The number of aryl methyl sites for hydroxylation is 2. The molecule has 0 saturated carbocycles. The average molecular weight is 397 g/mol. The number of aromatic nitrogens is 2. The van der Waals surface area contributed by atoms with E-state index in [0.29, 0.717) is 24.8 Å². The average Bonchev–Trinajstić information content (AvgIpc) is 3.37. The van der Waals surface area contributed by atoms with Gasteiger partial charge in [0, 0.05) is 31.7 Å². The van der Waals surface area contributed by atoms with Crippen molar-refractivity contribution in [2.24, 2.45) is 0 Å². The molecule has 1 aromatic carbocycles. The van der Waals surface area contributed by atoms with Crippen LogP contribution in [0.1, 0.15) is 39.7 Å². The Balaban J connectivity index is 1.39. The Morgan fingerprint density at radius 3 is 2.46 bits per heavy atom. The maximum Gasteiger partial charge on any atom is 0.264 e. The number of piperazine rings is 1. The van der Waals surface area contributed by atoms with Crippen molar-refractivity contribution >= 4 is 17.2 Å². The van der Waals surface area contributed by atoms with Gasteiger partial charge in [0.05, 0.1) is 10.9 Å².